The van der Waals surface area contributed by atoms with Gasteiger partial charge in [-0.15, -0.1) is 0 Å². The van der Waals surface area contributed by atoms with E-state index in [1.165, 1.54) is 0 Å². The Labute approximate surface area is 129 Å². The molecule has 0 bridgehead atoms. The Balaban J connectivity index is 1.92. The summed E-state index contributed by atoms with van der Waals surface area (Å²) in [6.45, 7) is 5.62. The third-order valence-corrected chi connectivity index (χ3v) is 3.78. The summed E-state index contributed by atoms with van der Waals surface area (Å²) in [6, 6.07) is 7.68. The van der Waals surface area contributed by atoms with E-state index in [1.807, 2.05) is 45.0 Å². The summed E-state index contributed by atoms with van der Waals surface area (Å²) in [5, 5.41) is 7.56. The number of amides is 1. The summed E-state index contributed by atoms with van der Waals surface area (Å²) < 4.78 is 5.07. The molecule has 0 saturated carbocycles. The SMILES string of the molecule is Cc1noc(C)c1CC(=O)N[C@H](C)Cc1ccccc1Cl. The number of hydrogen-bond acceptors (Lipinski definition) is 3. The molecule has 1 atom stereocenters. The predicted octanol–water partition coefficient (Wildman–Crippen LogP) is 3.23. The smallest absolute Gasteiger partial charge is 0.224 e. The standard InChI is InChI=1S/C16H19ClN2O2/c1-10(8-13-6-4-5-7-15(13)17)18-16(20)9-14-11(2)19-21-12(14)3/h4-7,10H,8-9H2,1-3H3,(H,18,20)/t10-/m1/s1. The van der Waals surface area contributed by atoms with Gasteiger partial charge in [0.25, 0.3) is 0 Å². The summed E-state index contributed by atoms with van der Waals surface area (Å²) in [5.74, 6) is 0.658. The molecule has 1 aromatic carbocycles. The van der Waals surface area contributed by atoms with Crippen molar-refractivity contribution in [3.63, 3.8) is 0 Å². The number of aryl methyl sites for hydroxylation is 2. The molecular formula is C16H19ClN2O2. The van der Waals surface area contributed by atoms with Gasteiger partial charge in [0.2, 0.25) is 5.91 Å². The second kappa shape index (κ2) is 6.76. The molecule has 21 heavy (non-hydrogen) atoms. The number of rotatable bonds is 5. The normalized spacial score (nSPS) is 12.2. The van der Waals surface area contributed by atoms with Gasteiger partial charge in [0.1, 0.15) is 5.76 Å². The van der Waals surface area contributed by atoms with Crippen molar-refractivity contribution in [3.05, 3.63) is 51.9 Å². The molecule has 2 aromatic rings. The summed E-state index contributed by atoms with van der Waals surface area (Å²) in [5.41, 5.74) is 2.66. The highest BCUT2D eigenvalue weighted by Crippen LogP contribution is 2.17. The molecule has 1 N–H and O–H groups in total. The Morgan fingerprint density at radius 2 is 2.10 bits per heavy atom. The van der Waals surface area contributed by atoms with Gasteiger partial charge in [0.05, 0.1) is 12.1 Å². The second-order valence-corrected chi connectivity index (χ2v) is 5.65. The fraction of sp³-hybridized carbons (Fsp3) is 0.375. The topological polar surface area (TPSA) is 55.1 Å². The van der Waals surface area contributed by atoms with Crippen LogP contribution in [-0.2, 0) is 17.6 Å². The van der Waals surface area contributed by atoms with Gasteiger partial charge in [0, 0.05) is 16.6 Å². The molecule has 1 heterocycles. The van der Waals surface area contributed by atoms with Crippen LogP contribution in [0.2, 0.25) is 5.02 Å². The maximum atomic E-state index is 12.1. The molecule has 4 nitrogen and oxygen atoms in total. The number of carbonyl (C=O) groups excluding carboxylic acids is 1. The van der Waals surface area contributed by atoms with Crippen LogP contribution in [0.25, 0.3) is 0 Å². The van der Waals surface area contributed by atoms with Gasteiger partial charge in [-0.3, -0.25) is 4.79 Å². The maximum absolute atomic E-state index is 12.1. The molecule has 0 aliphatic rings. The van der Waals surface area contributed by atoms with Crippen molar-refractivity contribution in [2.45, 2.75) is 39.7 Å². The van der Waals surface area contributed by atoms with Gasteiger partial charge < -0.3 is 9.84 Å². The fourth-order valence-electron chi connectivity index (χ4n) is 2.29. The molecule has 0 aliphatic heterocycles. The summed E-state index contributed by atoms with van der Waals surface area (Å²) in [4.78, 5) is 12.1. The van der Waals surface area contributed by atoms with Gasteiger partial charge in [-0.05, 0) is 38.8 Å². The zero-order chi connectivity index (χ0) is 15.4. The van der Waals surface area contributed by atoms with Crippen LogP contribution >= 0.6 is 11.6 Å². The monoisotopic (exact) mass is 306 g/mol. The molecule has 0 fully saturated rings. The van der Waals surface area contributed by atoms with Crippen molar-refractivity contribution in [1.29, 1.82) is 0 Å². The van der Waals surface area contributed by atoms with Crippen LogP contribution in [0.15, 0.2) is 28.8 Å². The first-order valence-corrected chi connectivity index (χ1v) is 7.29. The van der Waals surface area contributed by atoms with Crippen molar-refractivity contribution in [1.82, 2.24) is 10.5 Å². The highest BCUT2D eigenvalue weighted by molar-refractivity contribution is 6.31. The van der Waals surface area contributed by atoms with E-state index in [-0.39, 0.29) is 18.4 Å². The first kappa shape index (κ1) is 15.6. The number of nitrogens with one attached hydrogen (secondary N) is 1. The van der Waals surface area contributed by atoms with Crippen LogP contribution in [0.1, 0.15) is 29.5 Å². The molecule has 0 unspecified atom stereocenters. The minimum atomic E-state index is -0.0380. The Morgan fingerprint density at radius 3 is 2.71 bits per heavy atom. The summed E-state index contributed by atoms with van der Waals surface area (Å²) in [7, 11) is 0. The first-order chi connectivity index (χ1) is 9.97. The van der Waals surface area contributed by atoms with Crippen molar-refractivity contribution < 1.29 is 9.32 Å². The molecule has 0 radical (unpaired) electrons. The van der Waals surface area contributed by atoms with E-state index in [9.17, 15) is 4.79 Å². The first-order valence-electron chi connectivity index (χ1n) is 6.92. The fourth-order valence-corrected chi connectivity index (χ4v) is 2.50. The number of nitrogens with zero attached hydrogens (tertiary/aromatic N) is 1. The van der Waals surface area contributed by atoms with Crippen LogP contribution in [0.3, 0.4) is 0 Å². The Bertz CT molecular complexity index is 617. The number of carbonyl (C=O) groups is 1. The van der Waals surface area contributed by atoms with Crippen LogP contribution in [0.4, 0.5) is 0 Å². The van der Waals surface area contributed by atoms with E-state index in [2.05, 4.69) is 10.5 Å². The van der Waals surface area contributed by atoms with E-state index in [0.29, 0.717) is 12.2 Å². The van der Waals surface area contributed by atoms with E-state index in [4.69, 9.17) is 16.1 Å². The van der Waals surface area contributed by atoms with Crippen LogP contribution in [-0.4, -0.2) is 17.1 Å². The van der Waals surface area contributed by atoms with Gasteiger partial charge >= 0.3 is 0 Å². The highest BCUT2D eigenvalue weighted by Gasteiger charge is 2.15. The Morgan fingerprint density at radius 1 is 1.38 bits per heavy atom. The summed E-state index contributed by atoms with van der Waals surface area (Å²) in [6.07, 6.45) is 0.987. The lowest BCUT2D eigenvalue weighted by Gasteiger charge is -2.14. The van der Waals surface area contributed by atoms with Crippen molar-refractivity contribution in [2.24, 2.45) is 0 Å². The summed E-state index contributed by atoms with van der Waals surface area (Å²) >= 11 is 6.13. The molecule has 1 aromatic heterocycles. The minimum absolute atomic E-state index is 0.0119. The van der Waals surface area contributed by atoms with E-state index >= 15 is 0 Å². The molecular weight excluding hydrogens is 288 g/mol. The van der Waals surface area contributed by atoms with Crippen molar-refractivity contribution in [3.8, 4) is 0 Å². The van der Waals surface area contributed by atoms with E-state index in [1.54, 1.807) is 0 Å². The number of benzene rings is 1. The quantitative estimate of drug-likeness (QED) is 0.922. The number of halogens is 1. The van der Waals surface area contributed by atoms with Gasteiger partial charge in [0.15, 0.2) is 0 Å². The Kier molecular flexibility index (Phi) is 5.02. The lowest BCUT2D eigenvalue weighted by atomic mass is 10.1. The van der Waals surface area contributed by atoms with Gasteiger partial charge in [-0.2, -0.15) is 0 Å². The molecule has 5 heteroatoms. The molecule has 2 rings (SSSR count). The highest BCUT2D eigenvalue weighted by atomic mass is 35.5. The van der Waals surface area contributed by atoms with Crippen molar-refractivity contribution >= 4 is 17.5 Å². The average Bonchev–Trinajstić information content (AvgIpc) is 2.73. The molecule has 0 saturated heterocycles. The largest absolute Gasteiger partial charge is 0.361 e. The Hall–Kier alpha value is -1.81. The van der Waals surface area contributed by atoms with Gasteiger partial charge in [-0.1, -0.05) is 35.0 Å². The molecule has 0 spiro atoms. The van der Waals surface area contributed by atoms with Crippen molar-refractivity contribution in [2.75, 3.05) is 0 Å². The minimum Gasteiger partial charge on any atom is -0.361 e. The third kappa shape index (κ3) is 4.08. The third-order valence-electron chi connectivity index (χ3n) is 3.41. The predicted molar refractivity (Wildman–Crippen MR) is 82.4 cm³/mol. The lowest BCUT2D eigenvalue weighted by Crippen LogP contribution is -2.35. The van der Waals surface area contributed by atoms with E-state index < -0.39 is 0 Å². The second-order valence-electron chi connectivity index (χ2n) is 5.24. The average molecular weight is 307 g/mol. The van der Waals surface area contributed by atoms with E-state index in [0.717, 1.165) is 21.8 Å². The zero-order valence-electron chi connectivity index (χ0n) is 12.4. The molecule has 112 valence electrons. The van der Waals surface area contributed by atoms with Gasteiger partial charge in [-0.25, -0.2) is 0 Å². The van der Waals surface area contributed by atoms with Crippen LogP contribution < -0.4 is 5.32 Å². The number of aromatic nitrogens is 1. The number of hydrogen-bond donors (Lipinski definition) is 1. The zero-order valence-corrected chi connectivity index (χ0v) is 13.2. The molecule has 0 aliphatic carbocycles. The van der Waals surface area contributed by atoms with Crippen LogP contribution in [0, 0.1) is 13.8 Å². The van der Waals surface area contributed by atoms with Crippen LogP contribution in [0.5, 0.6) is 0 Å². The molecule has 1 amide bonds. The lowest BCUT2D eigenvalue weighted by molar-refractivity contribution is -0.121. The maximum Gasteiger partial charge on any atom is 0.224 e.